The first-order valence-corrected chi connectivity index (χ1v) is 9.08. The molecule has 1 aliphatic rings. The lowest BCUT2D eigenvalue weighted by Crippen LogP contribution is -2.27. The molecule has 3 aromatic rings. The summed E-state index contributed by atoms with van der Waals surface area (Å²) in [5.74, 6) is 0.984. The van der Waals surface area contributed by atoms with Gasteiger partial charge in [0.1, 0.15) is 5.76 Å². The molecular formula is C21H23N3O2. The maximum Gasteiger partial charge on any atom is 0.251 e. The van der Waals surface area contributed by atoms with Crippen molar-refractivity contribution in [2.45, 2.75) is 32.9 Å². The Hall–Kier alpha value is -2.66. The zero-order chi connectivity index (χ0) is 17.9. The minimum atomic E-state index is 0.0477. The van der Waals surface area contributed by atoms with Crippen LogP contribution in [-0.4, -0.2) is 27.5 Å². The fourth-order valence-corrected chi connectivity index (χ4v) is 3.65. The van der Waals surface area contributed by atoms with Gasteiger partial charge in [-0.3, -0.25) is 14.7 Å². The van der Waals surface area contributed by atoms with Gasteiger partial charge < -0.3 is 8.98 Å². The van der Waals surface area contributed by atoms with Crippen LogP contribution in [0.25, 0.3) is 0 Å². The van der Waals surface area contributed by atoms with Gasteiger partial charge in [0.05, 0.1) is 25.0 Å². The first-order chi connectivity index (χ1) is 12.7. The molecule has 5 nitrogen and oxygen atoms in total. The lowest BCUT2D eigenvalue weighted by atomic mass is 10.1. The van der Waals surface area contributed by atoms with Gasteiger partial charge in [0, 0.05) is 37.0 Å². The molecule has 1 aliphatic heterocycles. The lowest BCUT2D eigenvalue weighted by Gasteiger charge is -2.18. The third-order valence-corrected chi connectivity index (χ3v) is 4.98. The summed E-state index contributed by atoms with van der Waals surface area (Å²) in [6, 6.07) is 13.6. The minimum Gasteiger partial charge on any atom is -0.468 e. The molecule has 4 rings (SSSR count). The molecule has 5 heteroatoms. The summed E-state index contributed by atoms with van der Waals surface area (Å²) in [7, 11) is 0. The molecule has 0 saturated heterocycles. The smallest absolute Gasteiger partial charge is 0.251 e. The van der Waals surface area contributed by atoms with Crippen molar-refractivity contribution < 1.29 is 4.42 Å². The van der Waals surface area contributed by atoms with Gasteiger partial charge in [-0.25, -0.2) is 0 Å². The molecule has 0 unspecified atom stereocenters. The summed E-state index contributed by atoms with van der Waals surface area (Å²) in [6.45, 7) is 5.20. The van der Waals surface area contributed by atoms with Crippen LogP contribution < -0.4 is 5.56 Å². The summed E-state index contributed by atoms with van der Waals surface area (Å²) in [6.07, 6.45) is 3.52. The predicted molar refractivity (Wildman–Crippen MR) is 100 cm³/mol. The van der Waals surface area contributed by atoms with Gasteiger partial charge in [-0.05, 0) is 43.2 Å². The fraction of sp³-hybridized carbons (Fsp3) is 0.333. The summed E-state index contributed by atoms with van der Waals surface area (Å²) in [5.41, 5.74) is 4.35. The Morgan fingerprint density at radius 3 is 2.73 bits per heavy atom. The zero-order valence-corrected chi connectivity index (χ0v) is 15.0. The van der Waals surface area contributed by atoms with E-state index in [1.54, 1.807) is 12.3 Å². The van der Waals surface area contributed by atoms with E-state index in [-0.39, 0.29) is 5.56 Å². The second-order valence-electron chi connectivity index (χ2n) is 6.86. The Morgan fingerprint density at radius 2 is 1.92 bits per heavy atom. The number of aryl methyl sites for hydroxylation is 1. The number of rotatable bonds is 4. The van der Waals surface area contributed by atoms with Gasteiger partial charge in [-0.15, -0.1) is 0 Å². The van der Waals surface area contributed by atoms with Gasteiger partial charge in [-0.1, -0.05) is 12.1 Å². The van der Waals surface area contributed by atoms with Crippen LogP contribution in [0.3, 0.4) is 0 Å². The molecule has 0 amide bonds. The van der Waals surface area contributed by atoms with Crippen molar-refractivity contribution in [1.82, 2.24) is 14.5 Å². The molecule has 0 bridgehead atoms. The minimum absolute atomic E-state index is 0.0477. The highest BCUT2D eigenvalue weighted by atomic mass is 16.3. The highest BCUT2D eigenvalue weighted by Gasteiger charge is 2.18. The van der Waals surface area contributed by atoms with Gasteiger partial charge >= 0.3 is 0 Å². The molecule has 0 N–H and O–H groups in total. The Morgan fingerprint density at radius 1 is 1.04 bits per heavy atom. The predicted octanol–water partition coefficient (Wildman–Crippen LogP) is 2.79. The van der Waals surface area contributed by atoms with E-state index in [1.807, 2.05) is 47.9 Å². The Balaban J connectivity index is 1.58. The Bertz CT molecular complexity index is 944. The molecule has 0 aromatic carbocycles. The molecule has 0 saturated carbocycles. The highest BCUT2D eigenvalue weighted by Crippen LogP contribution is 2.17. The van der Waals surface area contributed by atoms with Crippen molar-refractivity contribution in [3.63, 3.8) is 0 Å². The first-order valence-electron chi connectivity index (χ1n) is 9.08. The molecule has 0 spiro atoms. The molecule has 0 aliphatic carbocycles. The van der Waals surface area contributed by atoms with E-state index in [9.17, 15) is 4.79 Å². The summed E-state index contributed by atoms with van der Waals surface area (Å²) < 4.78 is 7.38. The average Bonchev–Trinajstić information content (AvgIpc) is 3.05. The van der Waals surface area contributed by atoms with Gasteiger partial charge in [0.25, 0.3) is 5.56 Å². The van der Waals surface area contributed by atoms with Crippen LogP contribution in [0.5, 0.6) is 0 Å². The maximum atomic E-state index is 12.5. The maximum absolute atomic E-state index is 12.5. The third-order valence-electron chi connectivity index (χ3n) is 4.98. The van der Waals surface area contributed by atoms with E-state index in [4.69, 9.17) is 4.42 Å². The van der Waals surface area contributed by atoms with Crippen molar-refractivity contribution in [1.29, 1.82) is 0 Å². The monoisotopic (exact) mass is 349 g/mol. The van der Waals surface area contributed by atoms with Crippen LogP contribution in [0.1, 0.15) is 28.4 Å². The van der Waals surface area contributed by atoms with Crippen molar-refractivity contribution in [2.24, 2.45) is 0 Å². The van der Waals surface area contributed by atoms with E-state index >= 15 is 0 Å². The molecule has 134 valence electrons. The number of hydrogen-bond donors (Lipinski definition) is 0. The van der Waals surface area contributed by atoms with Crippen molar-refractivity contribution in [3.05, 3.63) is 87.5 Å². The van der Waals surface area contributed by atoms with E-state index in [0.29, 0.717) is 6.54 Å². The third kappa shape index (κ3) is 3.63. The van der Waals surface area contributed by atoms with Crippen LogP contribution in [0, 0.1) is 6.92 Å². The summed E-state index contributed by atoms with van der Waals surface area (Å²) >= 11 is 0. The lowest BCUT2D eigenvalue weighted by molar-refractivity contribution is 0.254. The summed E-state index contributed by atoms with van der Waals surface area (Å²) in [5, 5.41) is 0. The second kappa shape index (κ2) is 7.30. The quantitative estimate of drug-likeness (QED) is 0.727. The topological polar surface area (TPSA) is 51.3 Å². The van der Waals surface area contributed by atoms with Crippen LogP contribution >= 0.6 is 0 Å². The number of fused-ring (bicyclic) bond motifs is 1. The molecule has 0 fully saturated rings. The van der Waals surface area contributed by atoms with Crippen LogP contribution in [0.2, 0.25) is 0 Å². The van der Waals surface area contributed by atoms with Crippen molar-refractivity contribution in [3.8, 4) is 0 Å². The van der Waals surface area contributed by atoms with E-state index in [2.05, 4.69) is 9.88 Å². The van der Waals surface area contributed by atoms with E-state index < -0.39 is 0 Å². The molecule has 26 heavy (non-hydrogen) atoms. The fourth-order valence-electron chi connectivity index (χ4n) is 3.65. The first kappa shape index (κ1) is 16.8. The van der Waals surface area contributed by atoms with Crippen molar-refractivity contribution >= 4 is 0 Å². The Kier molecular flexibility index (Phi) is 4.71. The number of furan rings is 1. The van der Waals surface area contributed by atoms with Crippen LogP contribution in [-0.2, 0) is 25.9 Å². The van der Waals surface area contributed by atoms with E-state index in [1.165, 1.54) is 5.56 Å². The van der Waals surface area contributed by atoms with Crippen LogP contribution in [0.15, 0.2) is 57.9 Å². The standard InChI is InChI=1S/C21H23N3O2/c1-16-4-2-5-18(22-16)14-24-20-10-12-23(15-19-6-3-13-26-19)11-9-17(20)7-8-21(24)25/h2-8,13H,9-12,14-15H2,1H3. The SMILES string of the molecule is Cc1cccc(Cn2c3c(ccc2=O)CCN(Cc2ccco2)CC3)n1. The molecule has 0 radical (unpaired) electrons. The summed E-state index contributed by atoms with van der Waals surface area (Å²) in [4.78, 5) is 19.5. The molecule has 0 atom stereocenters. The largest absolute Gasteiger partial charge is 0.468 e. The van der Waals surface area contributed by atoms with Crippen LogP contribution in [0.4, 0.5) is 0 Å². The molecule has 3 aromatic heterocycles. The number of pyridine rings is 2. The molecule has 4 heterocycles. The normalized spacial score (nSPS) is 14.8. The Labute approximate surface area is 152 Å². The van der Waals surface area contributed by atoms with E-state index in [0.717, 1.165) is 55.3 Å². The van der Waals surface area contributed by atoms with Gasteiger partial charge in [-0.2, -0.15) is 0 Å². The highest BCUT2D eigenvalue weighted by molar-refractivity contribution is 5.25. The second-order valence-corrected chi connectivity index (χ2v) is 6.86. The molecular weight excluding hydrogens is 326 g/mol. The number of hydrogen-bond acceptors (Lipinski definition) is 4. The average molecular weight is 349 g/mol. The van der Waals surface area contributed by atoms with Gasteiger partial charge in [0.2, 0.25) is 0 Å². The number of aromatic nitrogens is 2. The zero-order valence-electron chi connectivity index (χ0n) is 15.0. The van der Waals surface area contributed by atoms with Crippen molar-refractivity contribution in [2.75, 3.05) is 13.1 Å². The van der Waals surface area contributed by atoms with Gasteiger partial charge in [0.15, 0.2) is 0 Å². The number of nitrogens with zero attached hydrogens (tertiary/aromatic N) is 3.